The first kappa shape index (κ1) is 29.4. The molecule has 0 spiro atoms. The first-order chi connectivity index (χ1) is 22.4. The van der Waals surface area contributed by atoms with E-state index in [9.17, 15) is 10.1 Å². The van der Waals surface area contributed by atoms with E-state index in [1.807, 2.05) is 97.1 Å². The monoisotopic (exact) mass is 660 g/mol. The fourth-order valence-electron chi connectivity index (χ4n) is 4.98. The third-order valence-corrected chi connectivity index (χ3v) is 8.66. The summed E-state index contributed by atoms with van der Waals surface area (Å²) in [4.78, 5) is 17.0. The van der Waals surface area contributed by atoms with Gasteiger partial charge in [0.15, 0.2) is 5.82 Å². The van der Waals surface area contributed by atoms with Gasteiger partial charge in [0, 0.05) is 33.3 Å². The minimum Gasteiger partial charge on any atom is -0.258 e. The molecule has 8 nitrogen and oxygen atoms in total. The van der Waals surface area contributed by atoms with Crippen molar-refractivity contribution in [3.63, 3.8) is 0 Å². The summed E-state index contributed by atoms with van der Waals surface area (Å²) in [6.07, 6.45) is 0. The predicted molar refractivity (Wildman–Crippen MR) is 183 cm³/mol. The average molecular weight is 662 g/mol. The van der Waals surface area contributed by atoms with Gasteiger partial charge in [0.25, 0.3) is 5.69 Å². The molecule has 2 heterocycles. The van der Waals surface area contributed by atoms with Crippen LogP contribution in [0.4, 0.5) is 11.5 Å². The Bertz CT molecular complexity index is 2230. The average Bonchev–Trinajstić information content (AvgIpc) is 3.68. The highest BCUT2D eigenvalue weighted by Gasteiger charge is 2.23. The topological polar surface area (TPSA) is 91.1 Å². The minimum atomic E-state index is -0.416. The highest BCUT2D eigenvalue weighted by molar-refractivity contribution is 7.12. The third kappa shape index (κ3) is 5.87. The molecule has 0 radical (unpaired) electrons. The Morgan fingerprint density at radius 3 is 1.72 bits per heavy atom. The molecule has 0 amide bonds. The van der Waals surface area contributed by atoms with E-state index in [2.05, 4.69) is 0 Å². The van der Waals surface area contributed by atoms with Crippen molar-refractivity contribution in [3.05, 3.63) is 158 Å². The third-order valence-electron chi connectivity index (χ3n) is 7.20. The number of benzene rings is 5. The molecule has 0 unspecified atom stereocenters. The quantitative estimate of drug-likeness (QED) is 0.126. The molecule has 0 N–H and O–H groups in total. The van der Waals surface area contributed by atoms with Crippen LogP contribution in [-0.4, -0.2) is 24.5 Å². The molecular weight excluding hydrogens is 639 g/mol. The number of rotatable bonds is 7. The lowest BCUT2D eigenvalue weighted by Crippen LogP contribution is -2.14. The van der Waals surface area contributed by atoms with Crippen LogP contribution in [0.25, 0.3) is 44.3 Å². The summed E-state index contributed by atoms with van der Waals surface area (Å²) < 4.78 is 3.59. The summed E-state index contributed by atoms with van der Waals surface area (Å²) in [5.74, 6) is 0.529. The Morgan fingerprint density at radius 1 is 0.630 bits per heavy atom. The Labute approximate surface area is 277 Å². The SMILES string of the molecule is O=[N+]([O-])c1ccc(-c2c(-c3ccc(Cl)cc3)nn(-c3ccccc3)c2N=c2sc(-c3ccc(Cl)cc3)nn2-c2ccccc2)cc1. The Morgan fingerprint density at radius 2 is 1.15 bits per heavy atom. The van der Waals surface area contributed by atoms with Crippen molar-refractivity contribution in [3.8, 4) is 44.3 Å². The molecule has 2 aromatic heterocycles. The molecule has 0 atom stereocenters. The smallest absolute Gasteiger partial charge is 0.258 e. The van der Waals surface area contributed by atoms with Gasteiger partial charge in [0.2, 0.25) is 4.80 Å². The van der Waals surface area contributed by atoms with E-state index < -0.39 is 4.92 Å². The molecule has 0 saturated carbocycles. The summed E-state index contributed by atoms with van der Waals surface area (Å²) in [5, 5.41) is 23.6. The molecule has 5 aromatic carbocycles. The van der Waals surface area contributed by atoms with Crippen LogP contribution >= 0.6 is 34.5 Å². The molecule has 0 fully saturated rings. The maximum absolute atomic E-state index is 11.5. The first-order valence-electron chi connectivity index (χ1n) is 14.1. The first-order valence-corrected chi connectivity index (χ1v) is 15.7. The van der Waals surface area contributed by atoms with Gasteiger partial charge in [-0.05, 0) is 66.2 Å². The summed E-state index contributed by atoms with van der Waals surface area (Å²) in [5.41, 5.74) is 5.37. The zero-order valence-corrected chi connectivity index (χ0v) is 26.2. The van der Waals surface area contributed by atoms with Crippen molar-refractivity contribution in [2.45, 2.75) is 0 Å². The van der Waals surface area contributed by atoms with Gasteiger partial charge < -0.3 is 0 Å². The van der Waals surface area contributed by atoms with E-state index in [1.165, 1.54) is 23.5 Å². The molecule has 0 aliphatic heterocycles. The van der Waals surface area contributed by atoms with Gasteiger partial charge in [-0.1, -0.05) is 95.2 Å². The highest BCUT2D eigenvalue weighted by Crippen LogP contribution is 2.41. The zero-order chi connectivity index (χ0) is 31.6. The van der Waals surface area contributed by atoms with Crippen LogP contribution in [0.1, 0.15) is 0 Å². The van der Waals surface area contributed by atoms with Gasteiger partial charge in [-0.15, -0.1) is 0 Å². The number of halogens is 2. The van der Waals surface area contributed by atoms with Crippen molar-refractivity contribution in [2.24, 2.45) is 4.99 Å². The maximum Gasteiger partial charge on any atom is 0.269 e. The summed E-state index contributed by atoms with van der Waals surface area (Å²) in [6, 6.07) is 40.8. The molecule has 0 saturated heterocycles. The van der Waals surface area contributed by atoms with E-state index in [0.717, 1.165) is 27.5 Å². The summed E-state index contributed by atoms with van der Waals surface area (Å²) >= 11 is 13.9. The Hall–Kier alpha value is -5.35. The van der Waals surface area contributed by atoms with Crippen LogP contribution in [0.2, 0.25) is 10.0 Å². The standard InChI is InChI=1S/C35H22Cl2N6O2S/c36-26-17-11-24(12-18-26)32-31(23-15-21-30(22-16-23)43(44)45)33(41(39-32)28-7-3-1-4-8-28)38-35-42(29-9-5-2-6-10-29)40-34(46-35)25-13-19-27(37)20-14-25/h1-22H. The van der Waals surface area contributed by atoms with E-state index in [1.54, 1.807) is 33.6 Å². The number of nitro groups is 1. The molecular formula is C35H22Cl2N6O2S. The fraction of sp³-hybridized carbons (Fsp3) is 0. The molecule has 7 rings (SSSR count). The Balaban J connectivity index is 1.56. The number of aromatic nitrogens is 4. The van der Waals surface area contributed by atoms with E-state index in [0.29, 0.717) is 37.5 Å². The van der Waals surface area contributed by atoms with Crippen molar-refractivity contribution in [1.82, 2.24) is 19.6 Å². The number of non-ortho nitro benzene ring substituents is 1. The van der Waals surface area contributed by atoms with Crippen molar-refractivity contribution >= 4 is 46.0 Å². The predicted octanol–water partition coefficient (Wildman–Crippen LogP) is 9.57. The van der Waals surface area contributed by atoms with Crippen LogP contribution in [-0.2, 0) is 0 Å². The number of para-hydroxylation sites is 2. The molecule has 46 heavy (non-hydrogen) atoms. The second kappa shape index (κ2) is 12.6. The molecule has 0 aliphatic carbocycles. The van der Waals surface area contributed by atoms with Crippen LogP contribution in [0.3, 0.4) is 0 Å². The molecule has 11 heteroatoms. The van der Waals surface area contributed by atoms with Crippen molar-refractivity contribution < 1.29 is 4.92 Å². The van der Waals surface area contributed by atoms with Gasteiger partial charge in [-0.25, -0.2) is 9.36 Å². The van der Waals surface area contributed by atoms with Gasteiger partial charge >= 0.3 is 0 Å². The maximum atomic E-state index is 11.5. The molecule has 7 aromatic rings. The lowest BCUT2D eigenvalue weighted by atomic mass is 10.0. The van der Waals surface area contributed by atoms with E-state index in [4.69, 9.17) is 38.4 Å². The van der Waals surface area contributed by atoms with Gasteiger partial charge in [-0.2, -0.15) is 15.2 Å². The van der Waals surface area contributed by atoms with E-state index in [-0.39, 0.29) is 5.69 Å². The number of nitrogens with zero attached hydrogens (tertiary/aromatic N) is 6. The summed E-state index contributed by atoms with van der Waals surface area (Å²) in [7, 11) is 0. The van der Waals surface area contributed by atoms with Crippen molar-refractivity contribution in [2.75, 3.05) is 0 Å². The van der Waals surface area contributed by atoms with Crippen LogP contribution in [0.15, 0.2) is 138 Å². The van der Waals surface area contributed by atoms with Crippen LogP contribution in [0, 0.1) is 10.1 Å². The zero-order valence-electron chi connectivity index (χ0n) is 23.9. The summed E-state index contributed by atoms with van der Waals surface area (Å²) in [6.45, 7) is 0. The Kier molecular flexibility index (Phi) is 8.02. The van der Waals surface area contributed by atoms with E-state index >= 15 is 0 Å². The normalized spacial score (nSPS) is 11.6. The van der Waals surface area contributed by atoms with Crippen LogP contribution < -0.4 is 4.80 Å². The molecule has 224 valence electrons. The lowest BCUT2D eigenvalue weighted by Gasteiger charge is -2.07. The molecule has 0 bridgehead atoms. The highest BCUT2D eigenvalue weighted by atomic mass is 35.5. The minimum absolute atomic E-state index is 0.0114. The largest absolute Gasteiger partial charge is 0.269 e. The lowest BCUT2D eigenvalue weighted by molar-refractivity contribution is -0.384. The number of hydrogen-bond donors (Lipinski definition) is 0. The number of nitro benzene ring substituents is 1. The van der Waals surface area contributed by atoms with Gasteiger partial charge in [-0.3, -0.25) is 10.1 Å². The van der Waals surface area contributed by atoms with Gasteiger partial charge in [0.05, 0.1) is 21.9 Å². The fourth-order valence-corrected chi connectivity index (χ4v) is 6.14. The van der Waals surface area contributed by atoms with Crippen molar-refractivity contribution in [1.29, 1.82) is 0 Å². The second-order valence-electron chi connectivity index (χ2n) is 10.2. The molecule has 0 aliphatic rings. The second-order valence-corrected chi connectivity index (χ2v) is 12.0. The van der Waals surface area contributed by atoms with Crippen LogP contribution in [0.5, 0.6) is 0 Å². The van der Waals surface area contributed by atoms with Gasteiger partial charge in [0.1, 0.15) is 10.7 Å². The number of hydrogen-bond acceptors (Lipinski definition) is 6.